The number of alkyl halides is 15. The van der Waals surface area contributed by atoms with Crippen molar-refractivity contribution in [2.45, 2.75) is 37.8 Å². The summed E-state index contributed by atoms with van der Waals surface area (Å²) in [5.74, 6) is -0.887. The Hall–Kier alpha value is -3.14. The maximum Gasteiger partial charge on any atom is 0.419 e. The maximum atomic E-state index is 13.6. The number of hydrogen-bond acceptors (Lipinski definition) is 2. The SMILES string of the molecule is Cc1cccc(C=Nc2c(C(F)(F)F)c(C(F)(F)F)c(C(F)(F)F)c(C(F)(F)F)c2C(F)(F)F)c1O. The largest absolute Gasteiger partial charge is 0.507 e. The molecule has 200 valence electrons. The van der Waals surface area contributed by atoms with Gasteiger partial charge in [-0.15, -0.1) is 0 Å². The second kappa shape index (κ2) is 8.76. The fraction of sp³-hybridized carbons (Fsp3) is 0.316. The average molecular weight is 551 g/mol. The van der Waals surface area contributed by atoms with E-state index in [0.717, 1.165) is 25.1 Å². The van der Waals surface area contributed by atoms with Crippen LogP contribution in [0.25, 0.3) is 0 Å². The van der Waals surface area contributed by atoms with Gasteiger partial charge < -0.3 is 5.11 Å². The quantitative estimate of drug-likeness (QED) is 0.295. The van der Waals surface area contributed by atoms with E-state index in [2.05, 4.69) is 4.99 Å². The van der Waals surface area contributed by atoms with Crippen molar-refractivity contribution in [1.82, 2.24) is 0 Å². The number of benzene rings is 2. The lowest BCUT2D eigenvalue weighted by Crippen LogP contribution is -2.31. The molecular weight excluding hydrogens is 543 g/mol. The highest BCUT2D eigenvalue weighted by molar-refractivity contribution is 5.87. The van der Waals surface area contributed by atoms with Gasteiger partial charge >= 0.3 is 30.9 Å². The van der Waals surface area contributed by atoms with Crippen molar-refractivity contribution in [2.24, 2.45) is 4.99 Å². The zero-order valence-electron chi connectivity index (χ0n) is 16.9. The molecule has 17 heteroatoms. The molecule has 0 fully saturated rings. The normalized spacial score (nSPS) is 14.1. The minimum absolute atomic E-state index is 0.0922. The number of rotatable bonds is 2. The van der Waals surface area contributed by atoms with E-state index in [4.69, 9.17) is 0 Å². The van der Waals surface area contributed by atoms with Gasteiger partial charge in [0.25, 0.3) is 0 Å². The molecule has 0 heterocycles. The van der Waals surface area contributed by atoms with E-state index in [0.29, 0.717) is 0 Å². The molecule has 0 unspecified atom stereocenters. The standard InChI is InChI=1S/C19H8F15NO/c1-6-3-2-4-7(14(6)36)5-35-13-11(18(29,30)31)9(16(23,24)25)8(15(20,21)22)10(17(26,27)28)12(13)19(32,33)34/h2-5,36H,1H3. The number of phenols is 1. The third-order valence-electron chi connectivity index (χ3n) is 4.49. The molecule has 2 aromatic carbocycles. The highest BCUT2D eigenvalue weighted by Crippen LogP contribution is 2.58. The molecule has 0 atom stereocenters. The Balaban J connectivity index is 3.37. The van der Waals surface area contributed by atoms with Crippen LogP contribution in [0.2, 0.25) is 0 Å². The molecule has 2 rings (SSSR count). The molecule has 0 radical (unpaired) electrons. The van der Waals surface area contributed by atoms with Gasteiger partial charge in [-0.2, -0.15) is 65.9 Å². The Bertz CT molecular complexity index is 1130. The molecular formula is C19H8F15NO. The van der Waals surface area contributed by atoms with Gasteiger partial charge in [0, 0.05) is 11.8 Å². The topological polar surface area (TPSA) is 32.6 Å². The van der Waals surface area contributed by atoms with Crippen LogP contribution in [0.5, 0.6) is 5.75 Å². The summed E-state index contributed by atoms with van der Waals surface area (Å²) in [4.78, 5) is 2.49. The Labute approximate surface area is 189 Å². The molecule has 1 N–H and O–H groups in total. The van der Waals surface area contributed by atoms with Crippen LogP contribution in [0.4, 0.5) is 71.5 Å². The number of aromatic hydroxyl groups is 1. The molecule has 0 aliphatic rings. The van der Waals surface area contributed by atoms with E-state index in [1.807, 2.05) is 0 Å². The third-order valence-corrected chi connectivity index (χ3v) is 4.49. The number of para-hydroxylation sites is 1. The van der Waals surface area contributed by atoms with Crippen molar-refractivity contribution in [2.75, 3.05) is 0 Å². The molecule has 0 bridgehead atoms. The smallest absolute Gasteiger partial charge is 0.419 e. The second-order valence-electron chi connectivity index (χ2n) is 6.98. The molecule has 2 aromatic rings. The van der Waals surface area contributed by atoms with Gasteiger partial charge in [0.2, 0.25) is 0 Å². The first-order valence-corrected chi connectivity index (χ1v) is 8.82. The van der Waals surface area contributed by atoms with E-state index >= 15 is 0 Å². The molecule has 0 saturated carbocycles. The minimum Gasteiger partial charge on any atom is -0.507 e. The molecule has 0 spiro atoms. The van der Waals surface area contributed by atoms with Crippen LogP contribution < -0.4 is 0 Å². The average Bonchev–Trinajstić information content (AvgIpc) is 2.63. The van der Waals surface area contributed by atoms with E-state index < -0.39 is 75.7 Å². The van der Waals surface area contributed by atoms with Gasteiger partial charge in [0.05, 0.1) is 33.5 Å². The number of nitrogens with zero attached hydrogens (tertiary/aromatic N) is 1. The summed E-state index contributed by atoms with van der Waals surface area (Å²) in [5.41, 5.74) is -23.8. The van der Waals surface area contributed by atoms with Crippen molar-refractivity contribution in [3.8, 4) is 5.75 Å². The number of aliphatic imine (C=N–C) groups is 1. The van der Waals surface area contributed by atoms with Gasteiger partial charge in [0.1, 0.15) is 5.75 Å². The van der Waals surface area contributed by atoms with E-state index in [1.165, 1.54) is 0 Å². The van der Waals surface area contributed by atoms with E-state index in [9.17, 15) is 71.0 Å². The monoisotopic (exact) mass is 551 g/mol. The van der Waals surface area contributed by atoms with Crippen LogP contribution in [0, 0.1) is 6.92 Å². The number of phenolic OH excluding ortho intramolecular Hbond substituents is 1. The first-order chi connectivity index (χ1) is 15.9. The first-order valence-electron chi connectivity index (χ1n) is 8.82. The predicted octanol–water partition coefficient (Wildman–Crippen LogP) is 8.55. The molecule has 0 aromatic heterocycles. The van der Waals surface area contributed by atoms with Gasteiger partial charge in [-0.1, -0.05) is 12.1 Å². The lowest BCUT2D eigenvalue weighted by atomic mass is 9.87. The highest BCUT2D eigenvalue weighted by Gasteiger charge is 2.60. The van der Waals surface area contributed by atoms with Crippen LogP contribution in [0.15, 0.2) is 23.2 Å². The number of aryl methyl sites for hydroxylation is 1. The van der Waals surface area contributed by atoms with Gasteiger partial charge in [-0.25, -0.2) is 0 Å². The fourth-order valence-corrected chi connectivity index (χ4v) is 3.19. The molecule has 36 heavy (non-hydrogen) atoms. The summed E-state index contributed by atoms with van der Waals surface area (Å²) in [5, 5.41) is 9.81. The molecule has 0 aliphatic heterocycles. The van der Waals surface area contributed by atoms with Crippen molar-refractivity contribution in [3.05, 3.63) is 57.1 Å². The summed E-state index contributed by atoms with van der Waals surface area (Å²) >= 11 is 0. The summed E-state index contributed by atoms with van der Waals surface area (Å²) in [7, 11) is 0. The van der Waals surface area contributed by atoms with Crippen LogP contribution >= 0.6 is 0 Å². The second-order valence-corrected chi connectivity index (χ2v) is 6.98. The Kier molecular flexibility index (Phi) is 7.08. The van der Waals surface area contributed by atoms with Crippen LogP contribution in [-0.2, 0) is 30.9 Å². The van der Waals surface area contributed by atoms with E-state index in [1.54, 1.807) is 0 Å². The van der Waals surface area contributed by atoms with Gasteiger partial charge in [-0.3, -0.25) is 4.99 Å². The van der Waals surface area contributed by atoms with Gasteiger partial charge in [0.15, 0.2) is 0 Å². The summed E-state index contributed by atoms with van der Waals surface area (Å²) in [6, 6.07) is 2.93. The van der Waals surface area contributed by atoms with Crippen molar-refractivity contribution in [1.29, 1.82) is 0 Å². The van der Waals surface area contributed by atoms with Crippen LogP contribution in [-0.4, -0.2) is 11.3 Å². The molecule has 0 saturated heterocycles. The predicted molar refractivity (Wildman–Crippen MR) is 91.5 cm³/mol. The Morgan fingerprint density at radius 1 is 0.583 bits per heavy atom. The lowest BCUT2D eigenvalue weighted by Gasteiger charge is -2.29. The summed E-state index contributed by atoms with van der Waals surface area (Å²) in [6.45, 7) is 1.15. The van der Waals surface area contributed by atoms with E-state index in [-0.39, 0.29) is 11.8 Å². The summed E-state index contributed by atoms with van der Waals surface area (Å²) < 4.78 is 203. The first kappa shape index (κ1) is 29.1. The maximum absolute atomic E-state index is 13.6. The fourth-order valence-electron chi connectivity index (χ4n) is 3.19. The number of hydrogen-bond donors (Lipinski definition) is 1. The van der Waals surface area contributed by atoms with Crippen LogP contribution in [0.3, 0.4) is 0 Å². The Morgan fingerprint density at radius 2 is 0.917 bits per heavy atom. The number of halogens is 15. The molecule has 2 nitrogen and oxygen atoms in total. The summed E-state index contributed by atoms with van der Waals surface area (Å²) in [6.07, 6.45) is -34.3. The zero-order chi connectivity index (χ0) is 28.2. The Morgan fingerprint density at radius 3 is 1.25 bits per heavy atom. The molecule has 0 amide bonds. The van der Waals surface area contributed by atoms with Crippen molar-refractivity contribution >= 4 is 11.9 Å². The van der Waals surface area contributed by atoms with Crippen LogP contribution in [0.1, 0.15) is 38.9 Å². The zero-order valence-corrected chi connectivity index (χ0v) is 16.9. The lowest BCUT2D eigenvalue weighted by molar-refractivity contribution is -0.188. The van der Waals surface area contributed by atoms with Crippen molar-refractivity contribution < 1.29 is 71.0 Å². The molecule has 0 aliphatic carbocycles. The third kappa shape index (κ3) is 5.64. The van der Waals surface area contributed by atoms with Crippen molar-refractivity contribution in [3.63, 3.8) is 0 Å². The highest BCUT2D eigenvalue weighted by atomic mass is 19.4. The minimum atomic E-state index is -6.98. The van der Waals surface area contributed by atoms with Gasteiger partial charge in [-0.05, 0) is 18.6 Å².